The van der Waals surface area contributed by atoms with E-state index in [1.165, 1.54) is 7.11 Å². The Hall–Kier alpha value is -1.67. The fourth-order valence-electron chi connectivity index (χ4n) is 3.36. The fraction of sp³-hybridized carbons (Fsp3) is 0.800. The molecule has 0 spiro atoms. The average molecular weight is 329 g/mol. The van der Waals surface area contributed by atoms with Crippen molar-refractivity contribution in [2.24, 2.45) is 5.41 Å². The number of amides is 2. The maximum absolute atomic E-state index is 12.4. The quantitative estimate of drug-likeness (QED) is 0.660. The molecule has 2 aliphatic rings. The molecule has 1 aliphatic heterocycles. The van der Waals surface area contributed by atoms with Gasteiger partial charge >= 0.3 is 12.1 Å². The van der Waals surface area contributed by atoms with Crippen LogP contribution >= 0.6 is 0 Å². The van der Waals surface area contributed by atoms with Crippen molar-refractivity contribution in [3.05, 3.63) is 0 Å². The van der Waals surface area contributed by atoms with Crippen LogP contribution < -0.4 is 0 Å². The van der Waals surface area contributed by atoms with Gasteiger partial charge in [-0.05, 0) is 33.6 Å². The standard InChI is InChI=1S/C15H23NO7/c1-14(2,3)23-13(21)16-10-5-8(17)9(18)6-15(10,7-11(16)19)12(20)22-4/h8-10,17-18H,5-7H2,1-4H3/t8-,9+,10+,15-/m1/s1. The van der Waals surface area contributed by atoms with Gasteiger partial charge in [0.25, 0.3) is 0 Å². The number of esters is 1. The minimum absolute atomic E-state index is 0.0960. The predicted molar refractivity (Wildman–Crippen MR) is 77.2 cm³/mol. The molecule has 0 bridgehead atoms. The van der Waals surface area contributed by atoms with E-state index in [0.717, 1.165) is 4.90 Å². The number of imide groups is 1. The lowest BCUT2D eigenvalue weighted by atomic mass is 9.68. The zero-order chi connectivity index (χ0) is 17.6. The van der Waals surface area contributed by atoms with Gasteiger partial charge in [0.1, 0.15) is 11.0 Å². The molecule has 1 saturated carbocycles. The number of likely N-dealkylation sites (tertiary alicyclic amines) is 1. The van der Waals surface area contributed by atoms with E-state index in [9.17, 15) is 24.6 Å². The molecular weight excluding hydrogens is 306 g/mol. The summed E-state index contributed by atoms with van der Waals surface area (Å²) in [7, 11) is 1.19. The summed E-state index contributed by atoms with van der Waals surface area (Å²) in [6, 6.07) is -0.893. The normalized spacial score (nSPS) is 34.1. The fourth-order valence-corrected chi connectivity index (χ4v) is 3.36. The third-order valence-corrected chi connectivity index (χ3v) is 4.35. The van der Waals surface area contributed by atoms with E-state index in [1.807, 2.05) is 0 Å². The first-order chi connectivity index (χ1) is 10.5. The molecule has 2 fully saturated rings. The second kappa shape index (κ2) is 5.76. The average Bonchev–Trinajstić information content (AvgIpc) is 2.69. The highest BCUT2D eigenvalue weighted by atomic mass is 16.6. The first kappa shape index (κ1) is 17.7. The van der Waals surface area contributed by atoms with E-state index in [-0.39, 0.29) is 19.3 Å². The summed E-state index contributed by atoms with van der Waals surface area (Å²) < 4.78 is 10.0. The van der Waals surface area contributed by atoms with E-state index in [2.05, 4.69) is 0 Å². The van der Waals surface area contributed by atoms with Gasteiger partial charge < -0.3 is 19.7 Å². The third kappa shape index (κ3) is 3.05. The minimum atomic E-state index is -1.35. The lowest BCUT2D eigenvalue weighted by molar-refractivity contribution is -0.164. The number of carbonyl (C=O) groups excluding carboxylic acids is 3. The molecule has 1 saturated heterocycles. The largest absolute Gasteiger partial charge is 0.469 e. The molecule has 0 aromatic heterocycles. The van der Waals surface area contributed by atoms with Crippen molar-refractivity contribution in [1.29, 1.82) is 0 Å². The molecule has 23 heavy (non-hydrogen) atoms. The van der Waals surface area contributed by atoms with Gasteiger partial charge in [0.15, 0.2) is 0 Å². The summed E-state index contributed by atoms with van der Waals surface area (Å²) in [5.74, 6) is -1.25. The van der Waals surface area contributed by atoms with Crippen LogP contribution in [0.1, 0.15) is 40.0 Å². The molecule has 4 atom stereocenters. The van der Waals surface area contributed by atoms with Crippen molar-refractivity contribution in [2.45, 2.75) is 63.9 Å². The van der Waals surface area contributed by atoms with E-state index < -0.39 is 47.2 Å². The Morgan fingerprint density at radius 1 is 1.26 bits per heavy atom. The van der Waals surface area contributed by atoms with Gasteiger partial charge in [-0.25, -0.2) is 9.69 Å². The van der Waals surface area contributed by atoms with Gasteiger partial charge in [-0.1, -0.05) is 0 Å². The third-order valence-electron chi connectivity index (χ3n) is 4.35. The van der Waals surface area contributed by atoms with Gasteiger partial charge in [0.2, 0.25) is 5.91 Å². The second-order valence-corrected chi connectivity index (χ2v) is 7.16. The Balaban J connectivity index is 2.38. The van der Waals surface area contributed by atoms with Gasteiger partial charge in [0, 0.05) is 6.42 Å². The lowest BCUT2D eigenvalue weighted by Crippen LogP contribution is -2.56. The van der Waals surface area contributed by atoms with Crippen molar-refractivity contribution in [3.8, 4) is 0 Å². The molecule has 2 rings (SSSR count). The summed E-state index contributed by atoms with van der Waals surface area (Å²) in [5, 5.41) is 19.8. The van der Waals surface area contributed by atoms with E-state index in [1.54, 1.807) is 20.8 Å². The lowest BCUT2D eigenvalue weighted by Gasteiger charge is -2.42. The summed E-state index contributed by atoms with van der Waals surface area (Å²) in [5.41, 5.74) is -2.15. The number of rotatable bonds is 1. The number of ether oxygens (including phenoxy) is 2. The molecule has 8 heteroatoms. The van der Waals surface area contributed by atoms with Crippen LogP contribution in [0.4, 0.5) is 4.79 Å². The van der Waals surface area contributed by atoms with Crippen molar-refractivity contribution in [3.63, 3.8) is 0 Å². The number of nitrogens with zero attached hydrogens (tertiary/aromatic N) is 1. The SMILES string of the molecule is COC(=O)[C@]12CC(=O)N(C(=O)OC(C)(C)C)[C@H]1C[C@@H](O)[C@@H](O)C2. The summed E-state index contributed by atoms with van der Waals surface area (Å²) in [6.07, 6.45) is -3.64. The van der Waals surface area contributed by atoms with Crippen LogP contribution in [0.5, 0.6) is 0 Å². The number of fused-ring (bicyclic) bond motifs is 1. The number of aliphatic hydroxyl groups excluding tert-OH is 2. The molecule has 2 amide bonds. The summed E-state index contributed by atoms with van der Waals surface area (Å²) >= 11 is 0. The number of methoxy groups -OCH3 is 1. The van der Waals surface area contributed by atoms with Crippen molar-refractivity contribution >= 4 is 18.0 Å². The summed E-state index contributed by atoms with van der Waals surface area (Å²) in [6.45, 7) is 5.00. The Labute approximate surface area is 134 Å². The highest BCUT2D eigenvalue weighted by molar-refractivity contribution is 5.99. The van der Waals surface area contributed by atoms with Crippen LogP contribution in [0.15, 0.2) is 0 Å². The minimum Gasteiger partial charge on any atom is -0.469 e. The van der Waals surface area contributed by atoms with Gasteiger partial charge in [-0.2, -0.15) is 0 Å². The molecule has 8 nitrogen and oxygen atoms in total. The van der Waals surface area contributed by atoms with Crippen LogP contribution in [0.3, 0.4) is 0 Å². The van der Waals surface area contributed by atoms with Gasteiger partial charge in [0.05, 0.1) is 25.4 Å². The summed E-state index contributed by atoms with van der Waals surface area (Å²) in [4.78, 5) is 37.9. The highest BCUT2D eigenvalue weighted by Crippen LogP contribution is 2.48. The van der Waals surface area contributed by atoms with E-state index in [0.29, 0.717) is 0 Å². The zero-order valence-electron chi connectivity index (χ0n) is 13.7. The number of carbonyl (C=O) groups is 3. The van der Waals surface area contributed by atoms with Crippen molar-refractivity contribution in [2.75, 3.05) is 7.11 Å². The molecule has 2 N–H and O–H groups in total. The first-order valence-electron chi connectivity index (χ1n) is 7.51. The molecular formula is C15H23NO7. The number of hydrogen-bond donors (Lipinski definition) is 2. The van der Waals surface area contributed by atoms with Crippen LogP contribution in [0, 0.1) is 5.41 Å². The zero-order valence-corrected chi connectivity index (χ0v) is 13.7. The number of hydrogen-bond acceptors (Lipinski definition) is 7. The monoisotopic (exact) mass is 329 g/mol. The van der Waals surface area contributed by atoms with E-state index >= 15 is 0 Å². The Morgan fingerprint density at radius 2 is 1.87 bits per heavy atom. The van der Waals surface area contributed by atoms with Crippen LogP contribution in [-0.2, 0) is 19.1 Å². The molecule has 1 heterocycles. The molecule has 130 valence electrons. The second-order valence-electron chi connectivity index (χ2n) is 7.16. The van der Waals surface area contributed by atoms with Gasteiger partial charge in [-0.3, -0.25) is 9.59 Å². The van der Waals surface area contributed by atoms with Crippen LogP contribution in [-0.4, -0.2) is 64.0 Å². The first-order valence-corrected chi connectivity index (χ1v) is 7.51. The molecule has 0 aromatic rings. The Kier molecular flexibility index (Phi) is 4.42. The van der Waals surface area contributed by atoms with Crippen LogP contribution in [0.25, 0.3) is 0 Å². The number of aliphatic hydroxyl groups is 2. The van der Waals surface area contributed by atoms with Gasteiger partial charge in [-0.15, -0.1) is 0 Å². The molecule has 0 unspecified atom stereocenters. The predicted octanol–water partition coefficient (Wildman–Crippen LogP) is 0.197. The van der Waals surface area contributed by atoms with Crippen molar-refractivity contribution in [1.82, 2.24) is 4.90 Å². The molecule has 0 radical (unpaired) electrons. The van der Waals surface area contributed by atoms with Crippen LogP contribution in [0.2, 0.25) is 0 Å². The maximum Gasteiger partial charge on any atom is 0.417 e. The van der Waals surface area contributed by atoms with E-state index in [4.69, 9.17) is 9.47 Å². The smallest absolute Gasteiger partial charge is 0.417 e. The van der Waals surface area contributed by atoms with Crippen molar-refractivity contribution < 1.29 is 34.1 Å². The molecule has 0 aromatic carbocycles. The Morgan fingerprint density at radius 3 is 2.39 bits per heavy atom. The maximum atomic E-state index is 12.4. The Bertz CT molecular complexity index is 526. The molecule has 1 aliphatic carbocycles. The topological polar surface area (TPSA) is 113 Å². The highest BCUT2D eigenvalue weighted by Gasteiger charge is 2.63.